The Hall–Kier alpha value is -0.0400. The van der Waals surface area contributed by atoms with Gasteiger partial charge in [0.05, 0.1) is 0 Å². The summed E-state index contributed by atoms with van der Waals surface area (Å²) in [4.78, 5) is 0. The third-order valence-electron chi connectivity index (χ3n) is 8.22. The second kappa shape index (κ2) is 5.87. The number of hydrogen-bond acceptors (Lipinski definition) is 0. The molecular weight excluding hydrogens is 256 g/mol. The zero-order valence-corrected chi connectivity index (χ0v) is 15.0. The molecule has 1 heteroatoms. The Morgan fingerprint density at radius 3 is 2.14 bits per heavy atom. The van der Waals surface area contributed by atoms with Crippen molar-refractivity contribution in [3.8, 4) is 0 Å². The van der Waals surface area contributed by atoms with Gasteiger partial charge in [-0.1, -0.05) is 53.9 Å². The first-order valence-corrected chi connectivity index (χ1v) is 9.34. The van der Waals surface area contributed by atoms with E-state index >= 15 is 0 Å². The summed E-state index contributed by atoms with van der Waals surface area (Å²) in [6, 6.07) is 0. The van der Waals surface area contributed by atoms with Gasteiger partial charge in [0.25, 0.3) is 0 Å². The Labute approximate surface area is 132 Å². The van der Waals surface area contributed by atoms with Gasteiger partial charge in [-0.15, -0.1) is 0 Å². The summed E-state index contributed by atoms with van der Waals surface area (Å²) in [6.45, 7) is 12.9. The van der Waals surface area contributed by atoms with Gasteiger partial charge in [-0.2, -0.15) is 0 Å². The maximum atomic E-state index is 2.64. The minimum Gasteiger partial charge on any atom is -0.412 e. The molecule has 0 radical (unpaired) electrons. The molecule has 0 spiro atoms. The van der Waals surface area contributed by atoms with Crippen LogP contribution in [0.4, 0.5) is 0 Å². The van der Waals surface area contributed by atoms with Gasteiger partial charge >= 0.3 is 0 Å². The Morgan fingerprint density at radius 2 is 1.43 bits per heavy atom. The molecule has 0 unspecified atom stereocenters. The SMILES string of the molecule is C[C@@H]1CCC[C@@]2(C)CC[C@H]3[C@H](C)CC[C@@H](C[C@H]12)C3(C)C.O. The van der Waals surface area contributed by atoms with E-state index in [-0.39, 0.29) is 5.48 Å². The van der Waals surface area contributed by atoms with Gasteiger partial charge in [0.2, 0.25) is 0 Å². The molecule has 2 N–H and O–H groups in total. The predicted octanol–water partition coefficient (Wildman–Crippen LogP) is 5.48. The summed E-state index contributed by atoms with van der Waals surface area (Å²) in [6.07, 6.45) is 12.0. The zero-order chi connectivity index (χ0) is 14.5. The van der Waals surface area contributed by atoms with Crippen molar-refractivity contribution in [1.29, 1.82) is 0 Å². The van der Waals surface area contributed by atoms with Crippen LogP contribution in [-0.2, 0) is 0 Å². The van der Waals surface area contributed by atoms with E-state index in [2.05, 4.69) is 34.6 Å². The highest BCUT2D eigenvalue weighted by Gasteiger charge is 2.50. The molecule has 0 aromatic carbocycles. The summed E-state index contributed by atoms with van der Waals surface area (Å²) in [5.74, 6) is 4.92. The van der Waals surface area contributed by atoms with Gasteiger partial charge in [-0.25, -0.2) is 0 Å². The second-order valence-electron chi connectivity index (χ2n) is 9.58. The molecule has 3 fully saturated rings. The van der Waals surface area contributed by atoms with E-state index in [1.54, 1.807) is 0 Å². The third kappa shape index (κ3) is 2.80. The van der Waals surface area contributed by atoms with Crippen molar-refractivity contribution >= 4 is 0 Å². The van der Waals surface area contributed by atoms with Crippen LogP contribution in [0, 0.1) is 40.4 Å². The first-order chi connectivity index (χ1) is 9.34. The van der Waals surface area contributed by atoms with Crippen LogP contribution in [-0.4, -0.2) is 5.48 Å². The van der Waals surface area contributed by atoms with E-state index in [0.717, 1.165) is 29.6 Å². The lowest BCUT2D eigenvalue weighted by Crippen LogP contribution is -2.48. The minimum absolute atomic E-state index is 0. The summed E-state index contributed by atoms with van der Waals surface area (Å²) >= 11 is 0. The van der Waals surface area contributed by atoms with Crippen molar-refractivity contribution in [3.05, 3.63) is 0 Å². The van der Waals surface area contributed by atoms with E-state index < -0.39 is 0 Å². The molecule has 0 aromatic heterocycles. The lowest BCUT2D eigenvalue weighted by molar-refractivity contribution is -0.0692. The molecule has 124 valence electrons. The van der Waals surface area contributed by atoms with Crippen molar-refractivity contribution in [2.75, 3.05) is 0 Å². The van der Waals surface area contributed by atoms with Crippen molar-refractivity contribution in [3.63, 3.8) is 0 Å². The minimum atomic E-state index is 0. The van der Waals surface area contributed by atoms with Crippen molar-refractivity contribution in [2.24, 2.45) is 40.4 Å². The van der Waals surface area contributed by atoms with Gasteiger partial charge in [0, 0.05) is 0 Å². The van der Waals surface area contributed by atoms with Gasteiger partial charge in [-0.3, -0.25) is 0 Å². The molecule has 3 rings (SSSR count). The molecule has 21 heavy (non-hydrogen) atoms. The fraction of sp³-hybridized carbons (Fsp3) is 1.00. The van der Waals surface area contributed by atoms with Crippen LogP contribution in [0.1, 0.15) is 86.0 Å². The lowest BCUT2D eigenvalue weighted by atomic mass is 9.48. The monoisotopic (exact) mass is 294 g/mol. The van der Waals surface area contributed by atoms with Gasteiger partial charge in [0.1, 0.15) is 0 Å². The molecule has 0 heterocycles. The van der Waals surface area contributed by atoms with Crippen LogP contribution in [0.3, 0.4) is 0 Å². The highest BCUT2D eigenvalue weighted by molar-refractivity contribution is 5.00. The molecule has 1 nitrogen and oxygen atoms in total. The second-order valence-corrected chi connectivity index (χ2v) is 9.58. The first-order valence-electron chi connectivity index (χ1n) is 9.34. The zero-order valence-electron chi connectivity index (χ0n) is 15.0. The van der Waals surface area contributed by atoms with Crippen LogP contribution in [0.5, 0.6) is 0 Å². The Kier molecular flexibility index (Phi) is 4.84. The van der Waals surface area contributed by atoms with Crippen molar-refractivity contribution in [2.45, 2.75) is 86.0 Å². The number of rotatable bonds is 0. The van der Waals surface area contributed by atoms with Crippen LogP contribution in [0.25, 0.3) is 0 Å². The summed E-state index contributed by atoms with van der Waals surface area (Å²) in [5.41, 5.74) is 1.26. The van der Waals surface area contributed by atoms with E-state index in [4.69, 9.17) is 0 Å². The van der Waals surface area contributed by atoms with Crippen molar-refractivity contribution in [1.82, 2.24) is 0 Å². The van der Waals surface area contributed by atoms with E-state index in [9.17, 15) is 0 Å². The summed E-state index contributed by atoms with van der Waals surface area (Å²) in [5, 5.41) is 0. The van der Waals surface area contributed by atoms with Crippen molar-refractivity contribution < 1.29 is 5.48 Å². The first kappa shape index (κ1) is 17.3. The molecule has 0 amide bonds. The summed E-state index contributed by atoms with van der Waals surface area (Å²) < 4.78 is 0. The standard InChI is InChI=1S/C20H36.H2O/c1-14-7-6-11-20(5)12-10-17-15(2)8-9-16(13-18(14)20)19(17,3)4;/h14-18H,6-13H2,1-5H3;1H2/t14-,15-,16+,17+,18-,20+;/m1./s1. The maximum Gasteiger partial charge on any atom is -0.0295 e. The van der Waals surface area contributed by atoms with Crippen LogP contribution in [0.2, 0.25) is 0 Å². The molecule has 0 aromatic rings. The number of fused-ring (bicyclic) bond motifs is 3. The van der Waals surface area contributed by atoms with E-state index in [1.807, 2.05) is 0 Å². The average molecular weight is 295 g/mol. The van der Waals surface area contributed by atoms with E-state index in [0.29, 0.717) is 10.8 Å². The van der Waals surface area contributed by atoms with Gasteiger partial charge < -0.3 is 5.48 Å². The maximum absolute atomic E-state index is 2.64. The predicted molar refractivity (Wildman–Crippen MR) is 91.2 cm³/mol. The number of hydrogen-bond donors (Lipinski definition) is 0. The van der Waals surface area contributed by atoms with Gasteiger partial charge in [0.15, 0.2) is 0 Å². The Balaban J connectivity index is 0.00000161. The quantitative estimate of drug-likeness (QED) is 0.567. The lowest BCUT2D eigenvalue weighted by Gasteiger charge is -2.57. The molecule has 0 aliphatic heterocycles. The summed E-state index contributed by atoms with van der Waals surface area (Å²) in [7, 11) is 0. The fourth-order valence-corrected chi connectivity index (χ4v) is 6.67. The molecule has 3 aliphatic rings. The fourth-order valence-electron chi connectivity index (χ4n) is 6.67. The molecule has 2 bridgehead atoms. The Morgan fingerprint density at radius 1 is 0.762 bits per heavy atom. The molecule has 6 atom stereocenters. The van der Waals surface area contributed by atoms with E-state index in [1.165, 1.54) is 51.4 Å². The molecule has 3 saturated carbocycles. The smallest absolute Gasteiger partial charge is 0.0295 e. The normalized spacial score (nSPS) is 49.3. The van der Waals surface area contributed by atoms with Crippen LogP contribution in [0.15, 0.2) is 0 Å². The van der Waals surface area contributed by atoms with Crippen LogP contribution >= 0.6 is 0 Å². The molecule has 0 saturated heterocycles. The molecular formula is C20H38O. The largest absolute Gasteiger partial charge is 0.412 e. The van der Waals surface area contributed by atoms with Crippen LogP contribution < -0.4 is 0 Å². The highest BCUT2D eigenvalue weighted by atomic mass is 16.0. The molecule has 3 aliphatic carbocycles. The topological polar surface area (TPSA) is 31.5 Å². The Bertz CT molecular complexity index is 361. The third-order valence-corrected chi connectivity index (χ3v) is 8.22. The highest BCUT2D eigenvalue weighted by Crippen LogP contribution is 2.60. The van der Waals surface area contributed by atoms with Gasteiger partial charge in [-0.05, 0) is 72.5 Å². The average Bonchev–Trinajstić information content (AvgIpc) is 2.35.